The van der Waals surface area contributed by atoms with Crippen LogP contribution in [0.25, 0.3) is 0 Å². The maximum absolute atomic E-state index is 5.68. The number of likely N-dealkylation sites (N-methyl/N-ethyl adjacent to an activating group) is 1. The van der Waals surface area contributed by atoms with Crippen molar-refractivity contribution < 1.29 is 4.74 Å². The highest BCUT2D eigenvalue weighted by molar-refractivity contribution is 9.10. The van der Waals surface area contributed by atoms with Gasteiger partial charge < -0.3 is 9.64 Å². The lowest BCUT2D eigenvalue weighted by molar-refractivity contribution is 0.294. The first kappa shape index (κ1) is 10.5. The van der Waals surface area contributed by atoms with Crippen LogP contribution in [0.4, 0.5) is 0 Å². The number of fused-ring (bicyclic) bond motifs is 1. The van der Waals surface area contributed by atoms with Gasteiger partial charge in [-0.25, -0.2) is 0 Å². The minimum atomic E-state index is 0.693. The van der Waals surface area contributed by atoms with Gasteiger partial charge in [0, 0.05) is 18.6 Å². The molecule has 0 aliphatic carbocycles. The maximum atomic E-state index is 5.68. The third-order valence-corrected chi connectivity index (χ3v) is 2.94. The van der Waals surface area contributed by atoms with Gasteiger partial charge in [-0.1, -0.05) is 15.9 Å². The molecule has 0 radical (unpaired) electrons. The largest absolute Gasteiger partial charge is 0.491 e. The van der Waals surface area contributed by atoms with Gasteiger partial charge >= 0.3 is 0 Å². The average Bonchev–Trinajstić information content (AvgIpc) is 2.36. The van der Waals surface area contributed by atoms with Gasteiger partial charge in [-0.15, -0.1) is 0 Å². The first-order chi connectivity index (χ1) is 7.22. The summed E-state index contributed by atoms with van der Waals surface area (Å²) in [4.78, 5) is 6.42. The Morgan fingerprint density at radius 1 is 1.47 bits per heavy atom. The molecule has 0 aromatic heterocycles. The Morgan fingerprint density at radius 3 is 3.00 bits per heavy atom. The lowest BCUT2D eigenvalue weighted by Gasteiger charge is -2.17. The zero-order chi connectivity index (χ0) is 10.8. The monoisotopic (exact) mass is 268 g/mol. The summed E-state index contributed by atoms with van der Waals surface area (Å²) >= 11 is 3.44. The number of hydrogen-bond acceptors (Lipinski definition) is 2. The maximum Gasteiger partial charge on any atom is 0.134 e. The molecule has 2 rings (SSSR count). The van der Waals surface area contributed by atoms with Crippen molar-refractivity contribution in [2.75, 3.05) is 27.2 Å². The molecule has 0 saturated heterocycles. The molecule has 0 atom stereocenters. The van der Waals surface area contributed by atoms with Crippen molar-refractivity contribution in [3.63, 3.8) is 0 Å². The van der Waals surface area contributed by atoms with Gasteiger partial charge in [0.1, 0.15) is 18.2 Å². The van der Waals surface area contributed by atoms with Crippen LogP contribution in [-0.4, -0.2) is 38.0 Å². The van der Waals surface area contributed by atoms with Crippen molar-refractivity contribution in [1.29, 1.82) is 0 Å². The summed E-state index contributed by atoms with van der Waals surface area (Å²) < 4.78 is 6.71. The van der Waals surface area contributed by atoms with Crippen LogP contribution in [-0.2, 0) is 0 Å². The Balaban J connectivity index is 2.53. The van der Waals surface area contributed by atoms with Crippen LogP contribution in [0.15, 0.2) is 27.7 Å². The van der Waals surface area contributed by atoms with Gasteiger partial charge in [-0.2, -0.15) is 0 Å². The van der Waals surface area contributed by atoms with E-state index in [1.54, 1.807) is 0 Å². The topological polar surface area (TPSA) is 24.8 Å². The quantitative estimate of drug-likeness (QED) is 0.721. The Labute approximate surface area is 97.9 Å². The van der Waals surface area contributed by atoms with Crippen LogP contribution < -0.4 is 4.74 Å². The van der Waals surface area contributed by atoms with E-state index < -0.39 is 0 Å². The first-order valence-electron chi connectivity index (χ1n) is 4.83. The highest BCUT2D eigenvalue weighted by Gasteiger charge is 2.18. The normalized spacial score (nSPS) is 18.3. The second kappa shape index (κ2) is 4.23. The number of benzene rings is 1. The Hall–Kier alpha value is -1.03. The molecule has 0 saturated carbocycles. The molecule has 0 N–H and O–H groups in total. The molecule has 1 aliphatic heterocycles. The number of hydrogen-bond donors (Lipinski definition) is 0. The van der Waals surface area contributed by atoms with Crippen molar-refractivity contribution in [3.05, 3.63) is 28.2 Å². The van der Waals surface area contributed by atoms with Crippen LogP contribution in [0.5, 0.6) is 5.75 Å². The summed E-state index contributed by atoms with van der Waals surface area (Å²) in [5.74, 6) is 1.88. The van der Waals surface area contributed by atoms with E-state index in [9.17, 15) is 0 Å². The second-order valence-corrected chi connectivity index (χ2v) is 4.37. The van der Waals surface area contributed by atoms with E-state index in [2.05, 4.69) is 25.8 Å². The summed E-state index contributed by atoms with van der Waals surface area (Å²) in [6.45, 7) is 1.55. The smallest absolute Gasteiger partial charge is 0.134 e. The molecule has 0 bridgehead atoms. The van der Waals surface area contributed by atoms with E-state index in [4.69, 9.17) is 4.74 Å². The molecule has 80 valence electrons. The highest BCUT2D eigenvalue weighted by Crippen LogP contribution is 2.26. The number of rotatable bonds is 0. The fraction of sp³-hybridized carbons (Fsp3) is 0.364. The number of ether oxygens (including phenoxy) is 1. The molecule has 0 spiro atoms. The van der Waals surface area contributed by atoms with Gasteiger partial charge in [-0.3, -0.25) is 4.99 Å². The summed E-state index contributed by atoms with van der Waals surface area (Å²) in [6, 6.07) is 6.02. The standard InChI is InChI=1S/C11H13BrN2O/c1-13-11-9-4-3-8(12)7-10(9)15-6-5-14(11)2/h3-4,7H,5-6H2,1-2H3. The van der Waals surface area contributed by atoms with Crippen LogP contribution in [0.3, 0.4) is 0 Å². The Bertz CT molecular complexity index is 404. The lowest BCUT2D eigenvalue weighted by Crippen LogP contribution is -2.28. The van der Waals surface area contributed by atoms with Gasteiger partial charge in [0.15, 0.2) is 0 Å². The first-order valence-corrected chi connectivity index (χ1v) is 5.62. The number of halogens is 1. The van der Waals surface area contributed by atoms with Crippen LogP contribution in [0.2, 0.25) is 0 Å². The molecular weight excluding hydrogens is 256 g/mol. The fourth-order valence-corrected chi connectivity index (χ4v) is 2.04. The third kappa shape index (κ3) is 2.00. The Morgan fingerprint density at radius 2 is 2.27 bits per heavy atom. The molecule has 15 heavy (non-hydrogen) atoms. The Kier molecular flexibility index (Phi) is 2.95. The summed E-state index contributed by atoms with van der Waals surface area (Å²) in [5, 5.41) is 0. The van der Waals surface area contributed by atoms with Crippen molar-refractivity contribution >= 4 is 21.8 Å². The minimum Gasteiger partial charge on any atom is -0.491 e. The van der Waals surface area contributed by atoms with Gasteiger partial charge in [0.05, 0.1) is 12.1 Å². The number of amidine groups is 1. The molecule has 1 heterocycles. The molecule has 1 aliphatic rings. The predicted octanol–water partition coefficient (Wildman–Crippen LogP) is 2.15. The molecule has 4 heteroatoms. The summed E-state index contributed by atoms with van der Waals surface area (Å²) in [5.41, 5.74) is 1.06. The van der Waals surface area contributed by atoms with Crippen LogP contribution in [0.1, 0.15) is 5.56 Å². The van der Waals surface area contributed by atoms with Crippen molar-refractivity contribution in [2.24, 2.45) is 4.99 Å². The molecule has 3 nitrogen and oxygen atoms in total. The van der Waals surface area contributed by atoms with Gasteiger partial charge in [-0.05, 0) is 18.2 Å². The third-order valence-electron chi connectivity index (χ3n) is 2.44. The second-order valence-electron chi connectivity index (χ2n) is 3.46. The fourth-order valence-electron chi connectivity index (χ4n) is 1.70. The van der Waals surface area contributed by atoms with Crippen LogP contribution in [0, 0.1) is 0 Å². The van der Waals surface area contributed by atoms with Crippen molar-refractivity contribution in [3.8, 4) is 5.75 Å². The van der Waals surface area contributed by atoms with E-state index in [-0.39, 0.29) is 0 Å². The lowest BCUT2D eigenvalue weighted by atomic mass is 10.1. The van der Waals surface area contributed by atoms with E-state index >= 15 is 0 Å². The van der Waals surface area contributed by atoms with Crippen molar-refractivity contribution in [2.45, 2.75) is 0 Å². The summed E-state index contributed by atoms with van der Waals surface area (Å²) in [6.07, 6.45) is 0. The van der Waals surface area contributed by atoms with E-state index in [1.807, 2.05) is 32.3 Å². The number of nitrogens with zero attached hydrogens (tertiary/aromatic N) is 2. The zero-order valence-electron chi connectivity index (χ0n) is 8.83. The molecule has 0 unspecified atom stereocenters. The molecule has 1 aromatic rings. The van der Waals surface area contributed by atoms with E-state index in [1.165, 1.54) is 0 Å². The average molecular weight is 269 g/mol. The van der Waals surface area contributed by atoms with Gasteiger partial charge in [0.2, 0.25) is 0 Å². The van der Waals surface area contributed by atoms with E-state index in [0.717, 1.165) is 28.2 Å². The minimum absolute atomic E-state index is 0.693. The summed E-state index contributed by atoms with van der Waals surface area (Å²) in [7, 11) is 3.84. The van der Waals surface area contributed by atoms with E-state index in [0.29, 0.717) is 6.61 Å². The predicted molar refractivity (Wildman–Crippen MR) is 64.7 cm³/mol. The SMILES string of the molecule is CN=C1c2ccc(Br)cc2OCCN1C. The van der Waals surface area contributed by atoms with Gasteiger partial charge in [0.25, 0.3) is 0 Å². The molecule has 0 fully saturated rings. The molecular formula is C11H13BrN2O. The zero-order valence-corrected chi connectivity index (χ0v) is 10.4. The van der Waals surface area contributed by atoms with Crippen molar-refractivity contribution in [1.82, 2.24) is 4.90 Å². The van der Waals surface area contributed by atoms with Crippen LogP contribution >= 0.6 is 15.9 Å². The highest BCUT2D eigenvalue weighted by atomic mass is 79.9. The molecule has 0 amide bonds. The molecule has 1 aromatic carbocycles. The number of aliphatic imine (C=N–C) groups is 1.